The van der Waals surface area contributed by atoms with E-state index in [1.54, 1.807) is 3.78 Å². The monoisotopic (exact) mass is 504 g/mol. The van der Waals surface area contributed by atoms with E-state index >= 15 is 0 Å². The number of hydrogen-bond acceptors (Lipinski definition) is 1. The molecule has 27 heavy (non-hydrogen) atoms. The van der Waals surface area contributed by atoms with Gasteiger partial charge in [0.25, 0.3) is 0 Å². The van der Waals surface area contributed by atoms with Gasteiger partial charge < -0.3 is 0 Å². The quantitative estimate of drug-likeness (QED) is 0.142. The van der Waals surface area contributed by atoms with Crippen LogP contribution in [0.1, 0.15) is 98.8 Å². The topological polar surface area (TPSA) is 9.23 Å². The molecule has 0 amide bonds. The normalized spacial score (nSPS) is 14.4. The molecule has 0 bridgehead atoms. The molecule has 1 atom stereocenters. The van der Waals surface area contributed by atoms with Gasteiger partial charge in [0, 0.05) is 0 Å². The van der Waals surface area contributed by atoms with Gasteiger partial charge in [0.1, 0.15) is 0 Å². The molecule has 0 aromatic heterocycles. The van der Waals surface area contributed by atoms with Crippen molar-refractivity contribution < 1.29 is 4.43 Å². The Kier molecular flexibility index (Phi) is 15.7. The van der Waals surface area contributed by atoms with Crippen molar-refractivity contribution in [2.24, 2.45) is 5.92 Å². The van der Waals surface area contributed by atoms with Crippen LogP contribution in [-0.4, -0.2) is 26.7 Å². The third kappa shape index (κ3) is 12.7. The second-order valence-corrected chi connectivity index (χ2v) is 27.3. The molecule has 0 aliphatic heterocycles. The molecule has 1 unspecified atom stereocenters. The van der Waals surface area contributed by atoms with Crippen molar-refractivity contribution in [1.82, 2.24) is 0 Å². The minimum absolute atomic E-state index is 0.803. The Balaban J connectivity index is 5.72. The molecule has 0 N–H and O–H groups in total. The number of rotatable bonds is 17. The standard InChI is InChI=1S/C12H25OSi.3C4H9.Sn/c1-6-7-9-12(2)10-8-11-13-14(3,4)5;3*1-3-4-2;/h8,12H,6-7,9-10H2,1-5H3;3*1,3-4H2,2H3;. The predicted octanol–water partition coefficient (Wildman–Crippen LogP) is 9.33. The molecule has 1 nitrogen and oxygen atoms in total. The van der Waals surface area contributed by atoms with Crippen molar-refractivity contribution in [2.75, 3.05) is 0 Å². The minimum atomic E-state index is -2.45. The SMILES string of the molecule is CCCCC(C)C/C=[C](\O[Si](C)(C)C)[Sn]([CH2]CCC)([CH2]CCC)[CH2]CCC. The third-order valence-corrected chi connectivity index (χ3v) is 22.2. The Morgan fingerprint density at radius 2 is 1.26 bits per heavy atom. The first-order valence-corrected chi connectivity index (χ1v) is 23.0. The van der Waals surface area contributed by atoms with Crippen LogP contribution < -0.4 is 0 Å². The predicted molar refractivity (Wildman–Crippen MR) is 131 cm³/mol. The van der Waals surface area contributed by atoms with Crippen LogP contribution in [0.25, 0.3) is 0 Å². The van der Waals surface area contributed by atoms with Crippen LogP contribution in [0.2, 0.25) is 33.0 Å². The van der Waals surface area contributed by atoms with Gasteiger partial charge in [0.15, 0.2) is 0 Å². The van der Waals surface area contributed by atoms with E-state index in [1.165, 1.54) is 77.5 Å². The summed E-state index contributed by atoms with van der Waals surface area (Å²) in [6, 6.07) is 0. The Morgan fingerprint density at radius 1 is 0.815 bits per heavy atom. The van der Waals surface area contributed by atoms with Gasteiger partial charge in [0.05, 0.1) is 0 Å². The third-order valence-electron chi connectivity index (χ3n) is 5.72. The molecule has 0 fully saturated rings. The van der Waals surface area contributed by atoms with Gasteiger partial charge in [-0.05, 0) is 0 Å². The van der Waals surface area contributed by atoms with Crippen LogP contribution in [0.15, 0.2) is 9.85 Å². The van der Waals surface area contributed by atoms with Crippen LogP contribution in [0.4, 0.5) is 0 Å². The van der Waals surface area contributed by atoms with E-state index < -0.39 is 26.7 Å². The molecule has 0 spiro atoms. The summed E-state index contributed by atoms with van der Waals surface area (Å²) in [4.78, 5) is 0. The molecule has 0 aromatic carbocycles. The van der Waals surface area contributed by atoms with Gasteiger partial charge in [-0.3, -0.25) is 0 Å². The zero-order valence-electron chi connectivity index (χ0n) is 20.3. The van der Waals surface area contributed by atoms with E-state index in [1.807, 2.05) is 0 Å². The Labute approximate surface area is 178 Å². The van der Waals surface area contributed by atoms with E-state index in [4.69, 9.17) is 4.43 Å². The Morgan fingerprint density at radius 3 is 1.63 bits per heavy atom. The molecule has 0 rings (SSSR count). The zero-order chi connectivity index (χ0) is 20.8. The van der Waals surface area contributed by atoms with E-state index in [-0.39, 0.29) is 0 Å². The molecule has 0 aromatic rings. The molecule has 0 saturated heterocycles. The van der Waals surface area contributed by atoms with Crippen LogP contribution in [0.3, 0.4) is 0 Å². The van der Waals surface area contributed by atoms with Crippen LogP contribution >= 0.6 is 0 Å². The summed E-state index contributed by atoms with van der Waals surface area (Å²) >= 11 is -2.45. The first-order valence-electron chi connectivity index (χ1n) is 12.1. The first kappa shape index (κ1) is 27.6. The van der Waals surface area contributed by atoms with Gasteiger partial charge in [-0.15, -0.1) is 0 Å². The summed E-state index contributed by atoms with van der Waals surface area (Å²) in [5.41, 5.74) is 0. The molecule has 0 saturated carbocycles. The van der Waals surface area contributed by atoms with Crippen LogP contribution in [0, 0.1) is 5.92 Å². The van der Waals surface area contributed by atoms with E-state index in [0.29, 0.717) is 0 Å². The maximum atomic E-state index is 6.94. The fourth-order valence-corrected chi connectivity index (χ4v) is 24.0. The average molecular weight is 503 g/mol. The maximum absolute atomic E-state index is 6.94. The molecule has 0 aliphatic carbocycles. The molecule has 0 radical (unpaired) electrons. The number of hydrogen-bond donors (Lipinski definition) is 0. The van der Waals surface area contributed by atoms with Crippen molar-refractivity contribution in [2.45, 2.75) is 132 Å². The molecular weight excluding hydrogens is 451 g/mol. The van der Waals surface area contributed by atoms with Gasteiger partial charge in [-0.1, -0.05) is 0 Å². The first-order chi connectivity index (χ1) is 12.7. The van der Waals surface area contributed by atoms with Crippen molar-refractivity contribution >= 4 is 26.7 Å². The molecule has 3 heteroatoms. The summed E-state index contributed by atoms with van der Waals surface area (Å²) in [7, 11) is -1.56. The Bertz CT molecular complexity index is 365. The number of allylic oxidation sites excluding steroid dienone is 1. The average Bonchev–Trinajstić information content (AvgIpc) is 2.62. The van der Waals surface area contributed by atoms with E-state index in [2.05, 4.69) is 60.3 Å². The fraction of sp³-hybridized carbons (Fsp3) is 0.917. The molecular formula is C24H52OSiSn. The summed E-state index contributed by atoms with van der Waals surface area (Å²) in [6.07, 6.45) is 16.2. The van der Waals surface area contributed by atoms with E-state index in [0.717, 1.165) is 5.92 Å². The van der Waals surface area contributed by atoms with Crippen molar-refractivity contribution in [1.29, 1.82) is 0 Å². The van der Waals surface area contributed by atoms with Crippen LogP contribution in [0.5, 0.6) is 0 Å². The van der Waals surface area contributed by atoms with Gasteiger partial charge in [-0.25, -0.2) is 0 Å². The molecule has 0 heterocycles. The molecule has 0 aliphatic rings. The van der Waals surface area contributed by atoms with Crippen molar-refractivity contribution in [3.63, 3.8) is 0 Å². The van der Waals surface area contributed by atoms with E-state index in [9.17, 15) is 0 Å². The second-order valence-electron chi connectivity index (χ2n) is 9.86. The summed E-state index contributed by atoms with van der Waals surface area (Å²) in [6.45, 7) is 19.0. The van der Waals surface area contributed by atoms with Gasteiger partial charge >= 0.3 is 179 Å². The van der Waals surface area contributed by atoms with Crippen molar-refractivity contribution in [3.8, 4) is 0 Å². The summed E-state index contributed by atoms with van der Waals surface area (Å²) < 4.78 is 13.1. The van der Waals surface area contributed by atoms with Gasteiger partial charge in [-0.2, -0.15) is 0 Å². The second kappa shape index (κ2) is 15.4. The molecule has 162 valence electrons. The summed E-state index contributed by atoms with van der Waals surface area (Å²) in [5.74, 6) is 0.803. The van der Waals surface area contributed by atoms with Crippen molar-refractivity contribution in [3.05, 3.63) is 9.85 Å². The van der Waals surface area contributed by atoms with Gasteiger partial charge in [0.2, 0.25) is 0 Å². The summed E-state index contributed by atoms with van der Waals surface area (Å²) in [5, 5.41) is 0. The number of unbranched alkanes of at least 4 members (excludes halogenated alkanes) is 4. The van der Waals surface area contributed by atoms with Crippen LogP contribution in [-0.2, 0) is 4.43 Å². The fourth-order valence-electron chi connectivity index (χ4n) is 3.97. The Hall–Kier alpha value is 0.556. The zero-order valence-corrected chi connectivity index (χ0v) is 24.1.